The molecule has 0 bridgehead atoms. The molecule has 0 spiro atoms. The van der Waals surface area contributed by atoms with Crippen molar-refractivity contribution < 1.29 is 4.79 Å². The molecule has 5 heteroatoms. The van der Waals surface area contributed by atoms with Gasteiger partial charge in [0, 0.05) is 31.2 Å². The Labute approximate surface area is 137 Å². The predicted molar refractivity (Wildman–Crippen MR) is 90.4 cm³/mol. The van der Waals surface area contributed by atoms with Gasteiger partial charge in [0.05, 0.1) is 5.69 Å². The highest BCUT2D eigenvalue weighted by Gasteiger charge is 2.27. The number of carbonyl (C=O) groups is 1. The van der Waals surface area contributed by atoms with Crippen LogP contribution in [0.1, 0.15) is 29.4 Å². The summed E-state index contributed by atoms with van der Waals surface area (Å²) in [6, 6.07) is 10.7. The molecule has 1 aromatic carbocycles. The lowest BCUT2D eigenvalue weighted by atomic mass is 10.1. The Morgan fingerprint density at radius 3 is 2.61 bits per heavy atom. The number of carbonyl (C=O) groups excluding carboxylic acids is 1. The van der Waals surface area contributed by atoms with Crippen molar-refractivity contribution in [1.82, 2.24) is 20.4 Å². The van der Waals surface area contributed by atoms with E-state index in [4.69, 9.17) is 0 Å². The van der Waals surface area contributed by atoms with Crippen LogP contribution in [-0.2, 0) is 19.3 Å². The van der Waals surface area contributed by atoms with E-state index >= 15 is 0 Å². The molecule has 3 rings (SSSR count). The molecule has 5 nitrogen and oxygen atoms in total. The van der Waals surface area contributed by atoms with E-state index in [2.05, 4.69) is 39.8 Å². The zero-order valence-corrected chi connectivity index (χ0v) is 14.0. The Morgan fingerprint density at radius 1 is 1.39 bits per heavy atom. The fourth-order valence-corrected chi connectivity index (χ4v) is 3.23. The van der Waals surface area contributed by atoms with Crippen LogP contribution in [0.4, 0.5) is 4.79 Å². The third-order valence-electron chi connectivity index (χ3n) is 4.54. The van der Waals surface area contributed by atoms with E-state index in [1.807, 2.05) is 31.9 Å². The molecule has 2 amide bonds. The summed E-state index contributed by atoms with van der Waals surface area (Å²) in [5.41, 5.74) is 4.74. The van der Waals surface area contributed by atoms with Gasteiger partial charge in [-0.1, -0.05) is 24.3 Å². The Balaban J connectivity index is 1.54. The van der Waals surface area contributed by atoms with Crippen molar-refractivity contribution in [3.8, 4) is 0 Å². The molecule has 2 aromatic rings. The zero-order valence-electron chi connectivity index (χ0n) is 14.0. The van der Waals surface area contributed by atoms with E-state index in [-0.39, 0.29) is 18.1 Å². The first-order valence-electron chi connectivity index (χ1n) is 8.14. The molecule has 1 aromatic heterocycles. The van der Waals surface area contributed by atoms with Crippen LogP contribution < -0.4 is 5.32 Å². The Morgan fingerprint density at radius 2 is 2.04 bits per heavy atom. The van der Waals surface area contributed by atoms with Crippen LogP contribution in [0.15, 0.2) is 30.3 Å². The first-order valence-corrected chi connectivity index (χ1v) is 8.14. The highest BCUT2D eigenvalue weighted by atomic mass is 16.2. The van der Waals surface area contributed by atoms with Gasteiger partial charge in [0.25, 0.3) is 0 Å². The number of aromatic nitrogens is 2. The highest BCUT2D eigenvalue weighted by Crippen LogP contribution is 2.24. The highest BCUT2D eigenvalue weighted by molar-refractivity contribution is 5.74. The van der Waals surface area contributed by atoms with Crippen molar-refractivity contribution in [2.24, 2.45) is 0 Å². The number of hydrogen-bond donors (Lipinski definition) is 2. The van der Waals surface area contributed by atoms with Crippen LogP contribution in [0.25, 0.3) is 0 Å². The summed E-state index contributed by atoms with van der Waals surface area (Å²) in [7, 11) is 1.89. The molecule has 1 aliphatic rings. The van der Waals surface area contributed by atoms with Gasteiger partial charge in [-0.25, -0.2) is 4.79 Å². The lowest BCUT2D eigenvalue weighted by molar-refractivity contribution is 0.188. The molecule has 1 unspecified atom stereocenters. The van der Waals surface area contributed by atoms with Crippen molar-refractivity contribution in [2.75, 3.05) is 7.05 Å². The molecule has 0 radical (unpaired) electrons. The summed E-state index contributed by atoms with van der Waals surface area (Å²) in [4.78, 5) is 14.3. The van der Waals surface area contributed by atoms with Gasteiger partial charge in [0.2, 0.25) is 0 Å². The number of aryl methyl sites for hydroxylation is 1. The molecule has 0 saturated carbocycles. The summed E-state index contributed by atoms with van der Waals surface area (Å²) < 4.78 is 0. The maximum absolute atomic E-state index is 12.5. The average molecular weight is 312 g/mol. The number of likely N-dealkylation sites (N-methyl/N-ethyl adjacent to an activating group) is 1. The minimum atomic E-state index is -0.0115. The average Bonchev–Trinajstić information content (AvgIpc) is 3.12. The van der Waals surface area contributed by atoms with Crippen molar-refractivity contribution in [3.05, 3.63) is 52.8 Å². The smallest absolute Gasteiger partial charge is 0.317 e. The van der Waals surface area contributed by atoms with Gasteiger partial charge in [-0.05, 0) is 43.9 Å². The minimum absolute atomic E-state index is 0.0115. The number of rotatable bonds is 4. The van der Waals surface area contributed by atoms with Crippen molar-refractivity contribution >= 4 is 6.03 Å². The SMILES string of the molecule is Cc1cc(CC(C)NC(=O)N(C)C2Cc3ccccc3C2)n[nH]1. The molecular formula is C18H24N4O. The summed E-state index contributed by atoms with van der Waals surface area (Å²) in [6.07, 6.45) is 2.61. The summed E-state index contributed by atoms with van der Waals surface area (Å²) in [5.74, 6) is 0. The Kier molecular flexibility index (Phi) is 4.37. The number of urea groups is 1. The predicted octanol–water partition coefficient (Wildman–Crippen LogP) is 2.46. The third-order valence-corrected chi connectivity index (χ3v) is 4.54. The Bertz CT molecular complexity index is 669. The van der Waals surface area contributed by atoms with E-state index in [1.165, 1.54) is 11.1 Å². The number of hydrogen-bond acceptors (Lipinski definition) is 2. The van der Waals surface area contributed by atoms with Crippen LogP contribution in [-0.4, -0.2) is 40.3 Å². The monoisotopic (exact) mass is 312 g/mol. The molecule has 23 heavy (non-hydrogen) atoms. The topological polar surface area (TPSA) is 61.0 Å². The van der Waals surface area contributed by atoms with Gasteiger partial charge in [-0.2, -0.15) is 5.10 Å². The first kappa shape index (κ1) is 15.6. The fraction of sp³-hybridized carbons (Fsp3) is 0.444. The number of aromatic amines is 1. The first-order chi connectivity index (χ1) is 11.0. The minimum Gasteiger partial charge on any atom is -0.335 e. The quantitative estimate of drug-likeness (QED) is 0.911. The molecule has 122 valence electrons. The second-order valence-electron chi connectivity index (χ2n) is 6.54. The molecule has 2 N–H and O–H groups in total. The summed E-state index contributed by atoms with van der Waals surface area (Å²) >= 11 is 0. The van der Waals surface area contributed by atoms with Gasteiger partial charge in [0.15, 0.2) is 0 Å². The maximum atomic E-state index is 12.5. The molecule has 0 aliphatic heterocycles. The number of H-pyrrole nitrogens is 1. The van der Waals surface area contributed by atoms with Gasteiger partial charge in [0.1, 0.15) is 0 Å². The molecule has 0 fully saturated rings. The Hall–Kier alpha value is -2.30. The van der Waals surface area contributed by atoms with E-state index in [0.717, 1.165) is 30.7 Å². The van der Waals surface area contributed by atoms with E-state index in [9.17, 15) is 4.79 Å². The lowest BCUT2D eigenvalue weighted by Gasteiger charge is -2.26. The zero-order chi connectivity index (χ0) is 16.4. The largest absolute Gasteiger partial charge is 0.335 e. The number of benzene rings is 1. The van der Waals surface area contributed by atoms with Gasteiger partial charge < -0.3 is 10.2 Å². The van der Waals surface area contributed by atoms with Crippen LogP contribution in [0.5, 0.6) is 0 Å². The lowest BCUT2D eigenvalue weighted by Crippen LogP contribution is -2.47. The van der Waals surface area contributed by atoms with Crippen molar-refractivity contribution in [2.45, 2.75) is 45.2 Å². The normalized spacial score (nSPS) is 15.3. The number of nitrogens with one attached hydrogen (secondary N) is 2. The van der Waals surface area contributed by atoms with Crippen molar-refractivity contribution in [1.29, 1.82) is 0 Å². The van der Waals surface area contributed by atoms with E-state index in [0.29, 0.717) is 0 Å². The summed E-state index contributed by atoms with van der Waals surface area (Å²) in [6.45, 7) is 3.99. The van der Waals surface area contributed by atoms with Crippen LogP contribution in [0.2, 0.25) is 0 Å². The van der Waals surface area contributed by atoms with Crippen LogP contribution in [0, 0.1) is 6.92 Å². The molecule has 1 heterocycles. The standard InChI is InChI=1S/C18H24N4O/c1-12(8-16-9-13(2)20-21-16)19-18(23)22(3)17-10-14-6-4-5-7-15(14)11-17/h4-7,9,12,17H,8,10-11H2,1-3H3,(H,19,23)(H,20,21). The van der Waals surface area contributed by atoms with Crippen molar-refractivity contribution in [3.63, 3.8) is 0 Å². The van der Waals surface area contributed by atoms with Gasteiger partial charge in [-0.3, -0.25) is 5.10 Å². The summed E-state index contributed by atoms with van der Waals surface area (Å²) in [5, 5.41) is 10.2. The third kappa shape index (κ3) is 3.55. The number of nitrogens with zero attached hydrogens (tertiary/aromatic N) is 2. The molecule has 1 atom stereocenters. The fourth-order valence-electron chi connectivity index (χ4n) is 3.23. The number of amides is 2. The second kappa shape index (κ2) is 6.44. The van der Waals surface area contributed by atoms with Gasteiger partial charge in [-0.15, -0.1) is 0 Å². The van der Waals surface area contributed by atoms with Crippen LogP contribution in [0.3, 0.4) is 0 Å². The molecule has 0 saturated heterocycles. The van der Waals surface area contributed by atoms with E-state index in [1.54, 1.807) is 0 Å². The van der Waals surface area contributed by atoms with Crippen LogP contribution >= 0.6 is 0 Å². The van der Waals surface area contributed by atoms with E-state index < -0.39 is 0 Å². The number of fused-ring (bicyclic) bond motifs is 1. The second-order valence-corrected chi connectivity index (χ2v) is 6.54. The maximum Gasteiger partial charge on any atom is 0.317 e. The molecule has 1 aliphatic carbocycles. The molecular weight excluding hydrogens is 288 g/mol. The van der Waals surface area contributed by atoms with Gasteiger partial charge >= 0.3 is 6.03 Å².